The summed E-state index contributed by atoms with van der Waals surface area (Å²) in [6.07, 6.45) is 2.54. The fourth-order valence-electron chi connectivity index (χ4n) is 3.60. The zero-order chi connectivity index (χ0) is 14.0. The van der Waals surface area contributed by atoms with Crippen LogP contribution in [-0.2, 0) is 0 Å². The molecule has 1 aliphatic rings. The van der Waals surface area contributed by atoms with Crippen LogP contribution in [0.15, 0.2) is 60.7 Å². The van der Waals surface area contributed by atoms with E-state index in [0.717, 1.165) is 0 Å². The first-order chi connectivity index (χ1) is 9.71. The number of benzene rings is 2. The van der Waals surface area contributed by atoms with Crippen LogP contribution >= 0.6 is 7.26 Å². The van der Waals surface area contributed by atoms with Crippen molar-refractivity contribution in [3.8, 4) is 0 Å². The van der Waals surface area contributed by atoms with Gasteiger partial charge in [0, 0.05) is 12.1 Å². The molecule has 0 spiro atoms. The lowest BCUT2D eigenvalue weighted by atomic mass is 10.3. The van der Waals surface area contributed by atoms with Gasteiger partial charge >= 0.3 is 0 Å². The van der Waals surface area contributed by atoms with Crippen molar-refractivity contribution in [3.63, 3.8) is 0 Å². The van der Waals surface area contributed by atoms with Crippen molar-refractivity contribution in [1.29, 1.82) is 0 Å². The molecule has 0 aromatic heterocycles. The Balaban J connectivity index is 2.13. The van der Waals surface area contributed by atoms with Gasteiger partial charge in [0.05, 0.1) is 30.2 Å². The summed E-state index contributed by atoms with van der Waals surface area (Å²) < 4.78 is 0. The molecule has 0 aliphatic carbocycles. The van der Waals surface area contributed by atoms with Crippen LogP contribution in [0.25, 0.3) is 0 Å². The van der Waals surface area contributed by atoms with E-state index in [2.05, 4.69) is 79.8 Å². The summed E-state index contributed by atoms with van der Waals surface area (Å²) in [6.45, 7) is 4.66. The molecule has 0 bridgehead atoms. The van der Waals surface area contributed by atoms with E-state index in [4.69, 9.17) is 0 Å². The number of nitrogens with one attached hydrogen (secondary N) is 1. The molecule has 1 N–H and O–H groups in total. The molecule has 3 rings (SSSR count). The highest BCUT2D eigenvalue weighted by Gasteiger charge is 2.47. The minimum absolute atomic E-state index is 0.590. The Labute approximate surface area is 122 Å². The molecule has 20 heavy (non-hydrogen) atoms. The fourth-order valence-corrected chi connectivity index (χ4v) is 8.46. The summed E-state index contributed by atoms with van der Waals surface area (Å²) in [4.78, 5) is 0. The van der Waals surface area contributed by atoms with Crippen LogP contribution in [-0.4, -0.2) is 24.4 Å². The molecule has 2 aromatic rings. The molecule has 104 valence electrons. The SMILES string of the molecule is C[C@@H]1C[P+](c2ccccc2)(c2ccccc2)C[C@H](C)N1. The Hall–Kier alpha value is -1.17. The van der Waals surface area contributed by atoms with Crippen molar-refractivity contribution in [2.45, 2.75) is 25.9 Å². The Morgan fingerprint density at radius 1 is 0.750 bits per heavy atom. The van der Waals surface area contributed by atoms with Gasteiger partial charge in [-0.2, -0.15) is 0 Å². The van der Waals surface area contributed by atoms with E-state index in [1.807, 2.05) is 0 Å². The van der Waals surface area contributed by atoms with Crippen LogP contribution in [0.5, 0.6) is 0 Å². The maximum atomic E-state index is 3.70. The first-order valence-electron chi connectivity index (χ1n) is 7.45. The quantitative estimate of drug-likeness (QED) is 0.836. The summed E-state index contributed by atoms with van der Waals surface area (Å²) in [6, 6.07) is 23.6. The second kappa shape index (κ2) is 5.68. The number of hydrogen-bond acceptors (Lipinski definition) is 1. The first kappa shape index (κ1) is 13.8. The van der Waals surface area contributed by atoms with Crippen LogP contribution < -0.4 is 15.9 Å². The van der Waals surface area contributed by atoms with Crippen LogP contribution in [0.3, 0.4) is 0 Å². The van der Waals surface area contributed by atoms with Gasteiger partial charge in [0.1, 0.15) is 0 Å². The van der Waals surface area contributed by atoms with E-state index in [9.17, 15) is 0 Å². The highest BCUT2D eigenvalue weighted by molar-refractivity contribution is 7.89. The Morgan fingerprint density at radius 2 is 1.15 bits per heavy atom. The average Bonchev–Trinajstić information content (AvgIpc) is 2.48. The van der Waals surface area contributed by atoms with Gasteiger partial charge < -0.3 is 5.32 Å². The van der Waals surface area contributed by atoms with E-state index in [0.29, 0.717) is 12.1 Å². The summed E-state index contributed by atoms with van der Waals surface area (Å²) in [5, 5.41) is 6.82. The van der Waals surface area contributed by atoms with Gasteiger partial charge in [-0.3, -0.25) is 0 Å². The highest BCUT2D eigenvalue weighted by atomic mass is 31.2. The summed E-state index contributed by atoms with van der Waals surface area (Å²) >= 11 is 0. The van der Waals surface area contributed by atoms with E-state index in [1.54, 1.807) is 10.6 Å². The van der Waals surface area contributed by atoms with Gasteiger partial charge in [-0.15, -0.1) is 0 Å². The van der Waals surface area contributed by atoms with Crippen LogP contribution in [0.4, 0.5) is 0 Å². The summed E-state index contributed by atoms with van der Waals surface area (Å²) in [7, 11) is -1.27. The van der Waals surface area contributed by atoms with Crippen molar-refractivity contribution in [2.24, 2.45) is 0 Å². The normalized spacial score (nSPS) is 25.3. The third-order valence-electron chi connectivity index (χ3n) is 4.24. The smallest absolute Gasteiger partial charge is 0.0993 e. The maximum absolute atomic E-state index is 3.70. The van der Waals surface area contributed by atoms with E-state index in [1.165, 1.54) is 12.3 Å². The van der Waals surface area contributed by atoms with Gasteiger partial charge in [-0.05, 0) is 38.1 Å². The molecule has 0 unspecified atom stereocenters. The standard InChI is InChI=1S/C18H23NP/c1-15-13-20(14-16(2)19-15,17-9-5-3-6-10-17)18-11-7-4-8-12-18/h3-12,15-16,19H,13-14H2,1-2H3/q+1/t15-,16+. The van der Waals surface area contributed by atoms with Crippen LogP contribution in [0.1, 0.15) is 13.8 Å². The zero-order valence-corrected chi connectivity index (χ0v) is 13.2. The molecule has 1 aliphatic heterocycles. The van der Waals surface area contributed by atoms with Gasteiger partial charge in [0.15, 0.2) is 0 Å². The molecule has 0 radical (unpaired) electrons. The lowest BCUT2D eigenvalue weighted by Gasteiger charge is -2.38. The second-order valence-corrected chi connectivity index (χ2v) is 9.67. The average molecular weight is 284 g/mol. The Morgan fingerprint density at radius 3 is 1.55 bits per heavy atom. The Kier molecular flexibility index (Phi) is 3.92. The van der Waals surface area contributed by atoms with Crippen molar-refractivity contribution in [2.75, 3.05) is 12.3 Å². The zero-order valence-electron chi connectivity index (χ0n) is 12.3. The third kappa shape index (κ3) is 2.53. The monoisotopic (exact) mass is 284 g/mol. The molecule has 1 saturated heterocycles. The predicted octanol–water partition coefficient (Wildman–Crippen LogP) is 3.04. The van der Waals surface area contributed by atoms with E-state index in [-0.39, 0.29) is 0 Å². The molecule has 1 nitrogen and oxygen atoms in total. The van der Waals surface area contributed by atoms with Gasteiger partial charge in [-0.25, -0.2) is 0 Å². The van der Waals surface area contributed by atoms with Crippen molar-refractivity contribution < 1.29 is 0 Å². The minimum Gasteiger partial charge on any atom is -0.305 e. The van der Waals surface area contributed by atoms with E-state index >= 15 is 0 Å². The second-order valence-electron chi connectivity index (χ2n) is 5.97. The lowest BCUT2D eigenvalue weighted by Crippen LogP contribution is -2.50. The largest absolute Gasteiger partial charge is 0.305 e. The molecular weight excluding hydrogens is 261 g/mol. The number of hydrogen-bond donors (Lipinski definition) is 1. The molecule has 0 amide bonds. The van der Waals surface area contributed by atoms with Gasteiger partial charge in [0.25, 0.3) is 0 Å². The van der Waals surface area contributed by atoms with Crippen LogP contribution in [0, 0.1) is 0 Å². The maximum Gasteiger partial charge on any atom is 0.0993 e. The summed E-state index contributed by atoms with van der Waals surface area (Å²) in [5.41, 5.74) is 0. The molecular formula is C18H23NP+. The van der Waals surface area contributed by atoms with Crippen molar-refractivity contribution >= 4 is 17.9 Å². The summed E-state index contributed by atoms with van der Waals surface area (Å²) in [5.74, 6) is 0. The predicted molar refractivity (Wildman–Crippen MR) is 90.9 cm³/mol. The topological polar surface area (TPSA) is 12.0 Å². The molecule has 0 saturated carbocycles. The molecule has 2 atom stereocenters. The highest BCUT2D eigenvalue weighted by Crippen LogP contribution is 2.58. The van der Waals surface area contributed by atoms with Gasteiger partial charge in [0.2, 0.25) is 0 Å². The first-order valence-corrected chi connectivity index (χ1v) is 9.61. The lowest BCUT2D eigenvalue weighted by molar-refractivity contribution is 0.506. The van der Waals surface area contributed by atoms with E-state index < -0.39 is 7.26 Å². The van der Waals surface area contributed by atoms with Gasteiger partial charge in [-0.1, -0.05) is 36.4 Å². The molecule has 1 fully saturated rings. The van der Waals surface area contributed by atoms with Crippen molar-refractivity contribution in [3.05, 3.63) is 60.7 Å². The molecule has 2 aromatic carbocycles. The number of rotatable bonds is 2. The third-order valence-corrected chi connectivity index (χ3v) is 9.16. The fraction of sp³-hybridized carbons (Fsp3) is 0.333. The van der Waals surface area contributed by atoms with Crippen molar-refractivity contribution in [1.82, 2.24) is 5.32 Å². The Bertz CT molecular complexity index is 501. The minimum atomic E-state index is -1.27. The van der Waals surface area contributed by atoms with Crippen LogP contribution in [0.2, 0.25) is 0 Å². The molecule has 2 heteroatoms. The molecule has 1 heterocycles.